The summed E-state index contributed by atoms with van der Waals surface area (Å²) in [4.78, 5) is 25.2. The number of anilines is 1. The van der Waals surface area contributed by atoms with Crippen molar-refractivity contribution < 1.29 is 37.0 Å². The fourth-order valence-electron chi connectivity index (χ4n) is 4.44. The Morgan fingerprint density at radius 1 is 1.08 bits per heavy atom. The Kier molecular flexibility index (Phi) is 5.65. The van der Waals surface area contributed by atoms with E-state index in [2.05, 4.69) is 15.2 Å². The molecular formula is C26H19F4N3O4. The predicted octanol–water partition coefficient (Wildman–Crippen LogP) is 5.65. The Morgan fingerprint density at radius 3 is 2.49 bits per heavy atom. The zero-order chi connectivity index (χ0) is 26.5. The first-order valence-corrected chi connectivity index (χ1v) is 11.1. The van der Waals surface area contributed by atoms with Crippen LogP contribution in [0.3, 0.4) is 0 Å². The Hall–Kier alpha value is -4.41. The van der Waals surface area contributed by atoms with Gasteiger partial charge >= 0.3 is 12.3 Å². The highest BCUT2D eigenvalue weighted by Gasteiger charge is 2.53. The molecule has 7 nitrogen and oxygen atoms in total. The molecule has 1 aliphatic rings. The molecular weight excluding hydrogens is 494 g/mol. The molecule has 0 unspecified atom stereocenters. The molecule has 4 aromatic rings. The number of benzene rings is 3. The fourth-order valence-corrected chi connectivity index (χ4v) is 4.44. The highest BCUT2D eigenvalue weighted by Crippen LogP contribution is 2.50. The second kappa shape index (κ2) is 8.61. The number of carbonyl (C=O) groups excluding carboxylic acids is 1. The molecule has 0 atom stereocenters. The summed E-state index contributed by atoms with van der Waals surface area (Å²) >= 11 is 0. The van der Waals surface area contributed by atoms with E-state index < -0.39 is 35.2 Å². The molecule has 1 fully saturated rings. The fraction of sp³-hybridized carbons (Fsp3) is 0.192. The van der Waals surface area contributed by atoms with Crippen LogP contribution in [0.25, 0.3) is 22.0 Å². The molecule has 0 radical (unpaired) electrons. The lowest BCUT2D eigenvalue weighted by atomic mass is 9.93. The van der Waals surface area contributed by atoms with Crippen molar-refractivity contribution in [1.29, 1.82) is 0 Å². The number of hydrogen-bond acceptors (Lipinski definition) is 4. The number of nitrogens with one attached hydrogen (secondary N) is 1. The van der Waals surface area contributed by atoms with E-state index in [9.17, 15) is 32.3 Å². The first kappa shape index (κ1) is 24.3. The van der Waals surface area contributed by atoms with Gasteiger partial charge in [0, 0.05) is 29.8 Å². The first-order chi connectivity index (χ1) is 17.5. The Morgan fingerprint density at radius 2 is 1.84 bits per heavy atom. The van der Waals surface area contributed by atoms with Crippen molar-refractivity contribution in [3.8, 4) is 16.9 Å². The van der Waals surface area contributed by atoms with Crippen molar-refractivity contribution >= 4 is 28.5 Å². The molecule has 190 valence electrons. The molecule has 0 aliphatic heterocycles. The van der Waals surface area contributed by atoms with E-state index in [1.54, 1.807) is 36.1 Å². The summed E-state index contributed by atoms with van der Waals surface area (Å²) in [5.74, 6) is -3.52. The summed E-state index contributed by atoms with van der Waals surface area (Å²) in [7, 11) is 1.77. The van der Waals surface area contributed by atoms with Crippen LogP contribution in [0.15, 0.2) is 60.8 Å². The maximum Gasteiger partial charge on any atom is 0.573 e. The van der Waals surface area contributed by atoms with Gasteiger partial charge in [0.25, 0.3) is 0 Å². The molecule has 37 heavy (non-hydrogen) atoms. The number of fused-ring (bicyclic) bond motifs is 1. The number of carboxylic acids is 1. The number of halogens is 4. The minimum absolute atomic E-state index is 0.0519. The zero-order valence-electron chi connectivity index (χ0n) is 19.3. The van der Waals surface area contributed by atoms with Gasteiger partial charge in [0.2, 0.25) is 5.91 Å². The van der Waals surface area contributed by atoms with Gasteiger partial charge in [-0.05, 0) is 48.2 Å². The van der Waals surface area contributed by atoms with E-state index in [1.165, 1.54) is 6.07 Å². The lowest BCUT2D eigenvalue weighted by Crippen LogP contribution is -2.29. The Bertz CT molecular complexity index is 1560. The average Bonchev–Trinajstić information content (AvgIpc) is 3.55. The number of amides is 1. The van der Waals surface area contributed by atoms with Crippen LogP contribution in [0.5, 0.6) is 5.75 Å². The molecule has 1 aliphatic carbocycles. The quantitative estimate of drug-likeness (QED) is 0.325. The third-order valence-electron chi connectivity index (χ3n) is 6.44. The summed E-state index contributed by atoms with van der Waals surface area (Å²) in [6.45, 7) is 0. The van der Waals surface area contributed by atoms with Crippen LogP contribution in [-0.2, 0) is 17.3 Å². The molecule has 11 heteroatoms. The van der Waals surface area contributed by atoms with Crippen LogP contribution in [0.2, 0.25) is 0 Å². The molecule has 0 bridgehead atoms. The number of carboxylic acid groups (broad SMARTS) is 1. The molecule has 5 rings (SSSR count). The lowest BCUT2D eigenvalue weighted by Gasteiger charge is -2.18. The van der Waals surface area contributed by atoms with Crippen molar-refractivity contribution in [3.05, 3.63) is 77.7 Å². The van der Waals surface area contributed by atoms with Crippen molar-refractivity contribution in [2.45, 2.75) is 24.6 Å². The maximum atomic E-state index is 14.7. The molecule has 0 spiro atoms. The van der Waals surface area contributed by atoms with E-state index in [0.717, 1.165) is 23.0 Å². The van der Waals surface area contributed by atoms with Gasteiger partial charge in [-0.3, -0.25) is 9.48 Å². The first-order valence-electron chi connectivity index (χ1n) is 11.1. The van der Waals surface area contributed by atoms with Crippen LogP contribution in [0.4, 0.5) is 23.2 Å². The topological polar surface area (TPSA) is 93.5 Å². The maximum absolute atomic E-state index is 14.7. The number of rotatable bonds is 6. The number of aromatic carboxylic acids is 1. The number of alkyl halides is 3. The third-order valence-corrected chi connectivity index (χ3v) is 6.44. The monoisotopic (exact) mass is 513 g/mol. The van der Waals surface area contributed by atoms with E-state index in [0.29, 0.717) is 17.2 Å². The van der Waals surface area contributed by atoms with Crippen molar-refractivity contribution in [1.82, 2.24) is 9.78 Å². The zero-order valence-corrected chi connectivity index (χ0v) is 19.3. The summed E-state index contributed by atoms with van der Waals surface area (Å²) in [6, 6.07) is 12.5. The van der Waals surface area contributed by atoms with Crippen molar-refractivity contribution in [3.63, 3.8) is 0 Å². The molecule has 0 saturated heterocycles. The summed E-state index contributed by atoms with van der Waals surface area (Å²) in [6.07, 6.45) is -2.71. The van der Waals surface area contributed by atoms with Gasteiger partial charge in [0.1, 0.15) is 11.6 Å². The summed E-state index contributed by atoms with van der Waals surface area (Å²) < 4.78 is 57.4. The van der Waals surface area contributed by atoms with Crippen LogP contribution >= 0.6 is 0 Å². The smallest absolute Gasteiger partial charge is 0.478 e. The highest BCUT2D eigenvalue weighted by atomic mass is 19.4. The summed E-state index contributed by atoms with van der Waals surface area (Å²) in [5, 5.41) is 17.6. The molecule has 1 aromatic heterocycles. The number of hydrogen-bond donors (Lipinski definition) is 2. The van der Waals surface area contributed by atoms with Gasteiger partial charge in [-0.25, -0.2) is 9.18 Å². The second-order valence-corrected chi connectivity index (χ2v) is 8.83. The van der Waals surface area contributed by atoms with E-state index in [-0.39, 0.29) is 29.7 Å². The standard InChI is InChI=1S/C26H19F4N3O4/c1-33-22-10-14(2-3-15(22)13-31-33)18-6-4-16(11-19(18)23(34)35)32-24(36)25(8-9-25)20-7-5-17(12-21(20)27)37-26(28,29)30/h2-7,10-13H,8-9H2,1H3,(H,32,36)(H,34,35). The van der Waals surface area contributed by atoms with Gasteiger partial charge in [-0.15, -0.1) is 13.2 Å². The number of aryl methyl sites for hydroxylation is 1. The normalized spacial score (nSPS) is 14.4. The van der Waals surface area contributed by atoms with Gasteiger partial charge in [0.15, 0.2) is 0 Å². The van der Waals surface area contributed by atoms with Crippen molar-refractivity contribution in [2.24, 2.45) is 7.05 Å². The number of ether oxygens (including phenoxy) is 1. The molecule has 1 heterocycles. The van der Waals surface area contributed by atoms with Crippen molar-refractivity contribution in [2.75, 3.05) is 5.32 Å². The van der Waals surface area contributed by atoms with Crippen LogP contribution in [-0.4, -0.2) is 33.1 Å². The van der Waals surface area contributed by atoms with Crippen LogP contribution in [0.1, 0.15) is 28.8 Å². The largest absolute Gasteiger partial charge is 0.573 e. The van der Waals surface area contributed by atoms with Gasteiger partial charge < -0.3 is 15.2 Å². The molecule has 2 N–H and O–H groups in total. The van der Waals surface area contributed by atoms with Crippen LogP contribution in [0, 0.1) is 5.82 Å². The molecule has 1 saturated carbocycles. The third kappa shape index (κ3) is 4.59. The van der Waals surface area contributed by atoms with Crippen LogP contribution < -0.4 is 10.1 Å². The number of carbonyl (C=O) groups is 2. The highest BCUT2D eigenvalue weighted by molar-refractivity contribution is 6.04. The molecule has 3 aromatic carbocycles. The number of nitrogens with zero attached hydrogens (tertiary/aromatic N) is 2. The van der Waals surface area contributed by atoms with Gasteiger partial charge in [-0.2, -0.15) is 5.10 Å². The predicted molar refractivity (Wildman–Crippen MR) is 126 cm³/mol. The average molecular weight is 513 g/mol. The van der Waals surface area contributed by atoms with Gasteiger partial charge in [-0.1, -0.05) is 24.3 Å². The Balaban J connectivity index is 1.42. The SMILES string of the molecule is Cn1ncc2ccc(-c3ccc(NC(=O)C4(c5ccc(OC(F)(F)F)cc5F)CC4)cc3C(=O)O)cc21. The van der Waals surface area contributed by atoms with Gasteiger partial charge in [0.05, 0.1) is 22.7 Å². The minimum Gasteiger partial charge on any atom is -0.478 e. The molecule has 1 amide bonds. The van der Waals surface area contributed by atoms with E-state index in [1.807, 2.05) is 12.1 Å². The Labute approximate surface area is 207 Å². The van der Waals surface area contributed by atoms with E-state index >= 15 is 0 Å². The number of aromatic nitrogens is 2. The summed E-state index contributed by atoms with van der Waals surface area (Å²) in [5.41, 5.74) is 0.706. The van der Waals surface area contributed by atoms with E-state index in [4.69, 9.17) is 0 Å². The second-order valence-electron chi connectivity index (χ2n) is 8.83. The minimum atomic E-state index is -4.97. The lowest BCUT2D eigenvalue weighted by molar-refractivity contribution is -0.274.